The maximum absolute atomic E-state index is 11.5. The van der Waals surface area contributed by atoms with Crippen molar-refractivity contribution in [2.75, 3.05) is 12.3 Å². The molecule has 0 unspecified atom stereocenters. The Bertz CT molecular complexity index is 607. The summed E-state index contributed by atoms with van der Waals surface area (Å²) in [6.45, 7) is -0.627. The van der Waals surface area contributed by atoms with Gasteiger partial charge in [0.1, 0.15) is 12.2 Å². The van der Waals surface area contributed by atoms with Crippen LogP contribution in [0.1, 0.15) is 0 Å². The molecule has 18 heavy (non-hydrogen) atoms. The van der Waals surface area contributed by atoms with E-state index in [0.29, 0.717) is 0 Å². The van der Waals surface area contributed by atoms with Crippen LogP contribution in [-0.2, 0) is 6.54 Å². The molecule has 0 aromatic carbocycles. The molecule has 2 heterocycles. The number of H-pyrrole nitrogens is 1. The topological polar surface area (TPSA) is 150 Å². The van der Waals surface area contributed by atoms with Gasteiger partial charge >= 0.3 is 0 Å². The summed E-state index contributed by atoms with van der Waals surface area (Å²) >= 11 is 0. The molecule has 2 aromatic heterocycles. The quantitative estimate of drug-likeness (QED) is 0.402. The Labute approximate surface area is 101 Å². The predicted molar refractivity (Wildman–Crippen MR) is 61.7 cm³/mol. The summed E-state index contributed by atoms with van der Waals surface area (Å²) in [4.78, 5) is 21.5. The number of hydrogen-bond donors (Lipinski definition) is 5. The zero-order valence-corrected chi connectivity index (χ0v) is 9.32. The smallest absolute Gasteiger partial charge is 0.280 e. The predicted octanol–water partition coefficient (Wildman–Crippen LogP) is -2.58. The molecule has 2 rings (SSSR count). The first-order valence-electron chi connectivity index (χ1n) is 5.20. The second-order valence-corrected chi connectivity index (χ2v) is 3.84. The van der Waals surface area contributed by atoms with Crippen molar-refractivity contribution in [1.29, 1.82) is 0 Å². The van der Waals surface area contributed by atoms with E-state index in [9.17, 15) is 15.0 Å². The van der Waals surface area contributed by atoms with Gasteiger partial charge in [0, 0.05) is 0 Å². The second-order valence-electron chi connectivity index (χ2n) is 3.84. The molecule has 2 atom stereocenters. The van der Waals surface area contributed by atoms with Gasteiger partial charge in [-0.1, -0.05) is 0 Å². The molecule has 9 heteroatoms. The molecule has 0 spiro atoms. The van der Waals surface area contributed by atoms with Crippen LogP contribution in [-0.4, -0.2) is 53.7 Å². The number of nitrogen functional groups attached to an aromatic ring is 1. The second kappa shape index (κ2) is 4.72. The monoisotopic (exact) mass is 255 g/mol. The summed E-state index contributed by atoms with van der Waals surface area (Å²) < 4.78 is 1.38. The molecule has 0 saturated carbocycles. The molecule has 0 aliphatic heterocycles. The van der Waals surface area contributed by atoms with Crippen LogP contribution in [0.2, 0.25) is 0 Å². The number of aromatic nitrogens is 4. The number of aromatic amines is 1. The third-order valence-corrected chi connectivity index (χ3v) is 2.51. The Morgan fingerprint density at radius 1 is 1.44 bits per heavy atom. The van der Waals surface area contributed by atoms with Crippen LogP contribution in [0.15, 0.2) is 11.1 Å². The lowest BCUT2D eigenvalue weighted by Crippen LogP contribution is -2.33. The summed E-state index contributed by atoms with van der Waals surface area (Å²) in [6.07, 6.45) is -1.17. The highest BCUT2D eigenvalue weighted by atomic mass is 16.4. The number of rotatable bonds is 4. The van der Waals surface area contributed by atoms with Crippen LogP contribution >= 0.6 is 0 Å². The molecule has 0 aliphatic carbocycles. The Balaban J connectivity index is 2.38. The van der Waals surface area contributed by atoms with Gasteiger partial charge in [-0.15, -0.1) is 0 Å². The van der Waals surface area contributed by atoms with Crippen LogP contribution in [0.3, 0.4) is 0 Å². The van der Waals surface area contributed by atoms with Crippen LogP contribution in [0.4, 0.5) is 5.95 Å². The number of nitrogens with zero attached hydrogens (tertiary/aromatic N) is 3. The van der Waals surface area contributed by atoms with Gasteiger partial charge in [0.25, 0.3) is 5.56 Å². The minimum atomic E-state index is -1.28. The molecule has 0 aliphatic rings. The Morgan fingerprint density at radius 3 is 2.83 bits per heavy atom. The number of hydrogen-bond acceptors (Lipinski definition) is 7. The first-order valence-corrected chi connectivity index (χ1v) is 5.20. The van der Waals surface area contributed by atoms with E-state index in [1.165, 1.54) is 10.9 Å². The molecular formula is C9H13N5O4. The third-order valence-electron chi connectivity index (χ3n) is 2.51. The zero-order chi connectivity index (χ0) is 13.3. The van der Waals surface area contributed by atoms with Crippen molar-refractivity contribution in [2.45, 2.75) is 18.8 Å². The summed E-state index contributed by atoms with van der Waals surface area (Å²) in [5.41, 5.74) is 5.23. The lowest BCUT2D eigenvalue weighted by atomic mass is 10.2. The number of nitrogens with one attached hydrogen (secondary N) is 1. The van der Waals surface area contributed by atoms with Gasteiger partial charge < -0.3 is 25.6 Å². The average molecular weight is 255 g/mol. The summed E-state index contributed by atoms with van der Waals surface area (Å²) in [7, 11) is 0. The minimum Gasteiger partial charge on any atom is -0.394 e. The van der Waals surface area contributed by atoms with E-state index >= 15 is 0 Å². The first-order chi connectivity index (χ1) is 8.52. The molecule has 0 radical (unpaired) electrons. The molecule has 2 aromatic rings. The van der Waals surface area contributed by atoms with Crippen LogP contribution in [0.5, 0.6) is 0 Å². The zero-order valence-electron chi connectivity index (χ0n) is 9.32. The Morgan fingerprint density at radius 2 is 2.17 bits per heavy atom. The number of imidazole rings is 1. The van der Waals surface area contributed by atoms with Crippen LogP contribution in [0, 0.1) is 0 Å². The fourth-order valence-corrected chi connectivity index (χ4v) is 1.55. The first kappa shape index (κ1) is 12.5. The lowest BCUT2D eigenvalue weighted by molar-refractivity contribution is -0.0211. The fourth-order valence-electron chi connectivity index (χ4n) is 1.55. The lowest BCUT2D eigenvalue weighted by Gasteiger charge is -2.15. The number of anilines is 1. The van der Waals surface area contributed by atoms with Crippen LogP contribution < -0.4 is 11.3 Å². The van der Waals surface area contributed by atoms with Gasteiger partial charge in [-0.25, -0.2) is 4.98 Å². The molecule has 0 amide bonds. The highest BCUT2D eigenvalue weighted by Crippen LogP contribution is 2.08. The Kier molecular flexibility index (Phi) is 3.28. The summed E-state index contributed by atoms with van der Waals surface area (Å²) in [5, 5.41) is 27.6. The summed E-state index contributed by atoms with van der Waals surface area (Å²) in [5.74, 6) is -0.0635. The normalized spacial score (nSPS) is 14.8. The van der Waals surface area contributed by atoms with Gasteiger partial charge in [-0.2, -0.15) is 4.98 Å². The van der Waals surface area contributed by atoms with Crippen molar-refractivity contribution in [3.63, 3.8) is 0 Å². The largest absolute Gasteiger partial charge is 0.394 e. The number of fused-ring (bicyclic) bond motifs is 1. The van der Waals surface area contributed by atoms with Crippen LogP contribution in [0.25, 0.3) is 11.2 Å². The van der Waals surface area contributed by atoms with E-state index in [1.807, 2.05) is 0 Å². The standard InChI is InChI=1S/C9H13N5O4/c10-9-12-7-6(8(18)13-9)11-3-14(7)1-4(16)5(17)2-15/h3-5,15-17H,1-2H2,(H3,10,12,13,18)/t4-,5+/m0/s1. The number of aliphatic hydroxyl groups excluding tert-OH is 3. The van der Waals surface area contributed by atoms with Gasteiger partial charge in [-0.05, 0) is 0 Å². The number of nitrogens with two attached hydrogens (primary N) is 1. The van der Waals surface area contributed by atoms with E-state index in [4.69, 9.17) is 10.8 Å². The van der Waals surface area contributed by atoms with Gasteiger partial charge in [0.05, 0.1) is 19.5 Å². The minimum absolute atomic E-state index is 0.0614. The number of aliphatic hydroxyl groups is 3. The Hall–Kier alpha value is -1.97. The van der Waals surface area contributed by atoms with Crippen molar-refractivity contribution in [1.82, 2.24) is 19.5 Å². The average Bonchev–Trinajstić information content (AvgIpc) is 2.71. The van der Waals surface area contributed by atoms with Crippen molar-refractivity contribution in [2.24, 2.45) is 0 Å². The fraction of sp³-hybridized carbons (Fsp3) is 0.444. The van der Waals surface area contributed by atoms with E-state index in [1.54, 1.807) is 0 Å². The van der Waals surface area contributed by atoms with E-state index in [0.717, 1.165) is 0 Å². The third kappa shape index (κ3) is 2.18. The molecule has 6 N–H and O–H groups in total. The molecule has 98 valence electrons. The molecule has 0 fully saturated rings. The van der Waals surface area contributed by atoms with E-state index < -0.39 is 24.4 Å². The van der Waals surface area contributed by atoms with Crippen molar-refractivity contribution in [3.8, 4) is 0 Å². The molecule has 0 bridgehead atoms. The molecule has 9 nitrogen and oxygen atoms in total. The van der Waals surface area contributed by atoms with Gasteiger partial charge in [0.2, 0.25) is 5.95 Å². The highest BCUT2D eigenvalue weighted by Gasteiger charge is 2.18. The van der Waals surface area contributed by atoms with Crippen molar-refractivity contribution in [3.05, 3.63) is 16.7 Å². The maximum atomic E-state index is 11.5. The molecular weight excluding hydrogens is 242 g/mol. The maximum Gasteiger partial charge on any atom is 0.280 e. The van der Waals surface area contributed by atoms with Gasteiger partial charge in [0.15, 0.2) is 11.2 Å². The molecule has 0 saturated heterocycles. The van der Waals surface area contributed by atoms with Crippen molar-refractivity contribution >= 4 is 17.1 Å². The van der Waals surface area contributed by atoms with E-state index in [-0.39, 0.29) is 23.7 Å². The van der Waals surface area contributed by atoms with E-state index in [2.05, 4.69) is 15.0 Å². The van der Waals surface area contributed by atoms with Gasteiger partial charge in [-0.3, -0.25) is 9.78 Å². The highest BCUT2D eigenvalue weighted by molar-refractivity contribution is 5.70. The summed E-state index contributed by atoms with van der Waals surface area (Å²) in [6, 6.07) is 0. The SMILES string of the molecule is Nc1nc2c(ncn2C[C@H](O)[C@H](O)CO)c(=O)[nH]1. The van der Waals surface area contributed by atoms with Crippen molar-refractivity contribution < 1.29 is 15.3 Å².